The molecule has 0 atom stereocenters. The van der Waals surface area contributed by atoms with Crippen molar-refractivity contribution in [1.29, 1.82) is 0 Å². The average Bonchev–Trinajstić information content (AvgIpc) is 2.74. The Labute approximate surface area is 170 Å². The number of halogens is 1. The Hall–Kier alpha value is -2.45. The number of rotatable bonds is 8. The molecular weight excluding hydrogens is 395 g/mol. The van der Waals surface area contributed by atoms with Gasteiger partial charge in [0.15, 0.2) is 0 Å². The van der Waals surface area contributed by atoms with Crippen LogP contribution < -0.4 is 10.1 Å². The maximum Gasteiger partial charge on any atom is 0.243 e. The van der Waals surface area contributed by atoms with Crippen LogP contribution in [0.25, 0.3) is 0 Å². The molecule has 156 valence electrons. The lowest BCUT2D eigenvalue weighted by molar-refractivity contribution is -0.120. The van der Waals surface area contributed by atoms with Gasteiger partial charge >= 0.3 is 0 Å². The van der Waals surface area contributed by atoms with Crippen molar-refractivity contribution in [3.8, 4) is 5.75 Å². The zero-order chi connectivity index (χ0) is 20.7. The average molecular weight is 421 g/mol. The van der Waals surface area contributed by atoms with Gasteiger partial charge in [-0.25, -0.2) is 12.8 Å². The number of ether oxygens (including phenoxy) is 1. The summed E-state index contributed by atoms with van der Waals surface area (Å²) in [6.45, 7) is 1.71. The molecule has 1 saturated heterocycles. The number of amides is 1. The van der Waals surface area contributed by atoms with E-state index in [1.165, 1.54) is 16.4 Å². The highest BCUT2D eigenvalue weighted by Gasteiger charge is 2.25. The van der Waals surface area contributed by atoms with Crippen molar-refractivity contribution in [1.82, 2.24) is 9.62 Å². The highest BCUT2D eigenvalue weighted by molar-refractivity contribution is 7.89. The van der Waals surface area contributed by atoms with Gasteiger partial charge in [-0.15, -0.1) is 0 Å². The van der Waals surface area contributed by atoms with Crippen molar-refractivity contribution in [2.75, 3.05) is 26.2 Å². The molecule has 0 aliphatic carbocycles. The van der Waals surface area contributed by atoms with E-state index in [0.717, 1.165) is 24.8 Å². The Balaban J connectivity index is 1.43. The summed E-state index contributed by atoms with van der Waals surface area (Å²) in [5.41, 5.74) is 0.732. The molecule has 3 rings (SSSR count). The van der Waals surface area contributed by atoms with E-state index in [-0.39, 0.29) is 29.6 Å². The normalized spacial score (nSPS) is 15.1. The lowest BCUT2D eigenvalue weighted by Crippen LogP contribution is -2.35. The summed E-state index contributed by atoms with van der Waals surface area (Å²) in [6.07, 6.45) is 3.03. The Morgan fingerprint density at radius 1 is 1.00 bits per heavy atom. The first-order valence-corrected chi connectivity index (χ1v) is 11.1. The topological polar surface area (TPSA) is 75.7 Å². The number of benzene rings is 2. The molecular formula is C21H25FN2O4S. The first kappa shape index (κ1) is 21.3. The summed E-state index contributed by atoms with van der Waals surface area (Å²) in [7, 11) is -3.45. The standard InChI is InChI=1S/C21H25FN2O4S/c22-18-6-4-17(5-7-18)16-21(25)23-12-15-28-19-8-10-20(11-9-19)29(26,27)24-13-2-1-3-14-24/h4-11H,1-3,12-16H2,(H,23,25). The molecule has 2 aromatic carbocycles. The summed E-state index contributed by atoms with van der Waals surface area (Å²) in [6, 6.07) is 12.1. The van der Waals surface area contributed by atoms with Crippen molar-refractivity contribution in [3.63, 3.8) is 0 Å². The van der Waals surface area contributed by atoms with Crippen LogP contribution in [0.1, 0.15) is 24.8 Å². The van der Waals surface area contributed by atoms with Crippen LogP contribution >= 0.6 is 0 Å². The maximum atomic E-state index is 12.9. The fourth-order valence-corrected chi connectivity index (χ4v) is 4.69. The molecule has 0 bridgehead atoms. The van der Waals surface area contributed by atoms with Gasteiger partial charge in [-0.05, 0) is 54.8 Å². The van der Waals surface area contributed by atoms with Crippen molar-refractivity contribution in [2.45, 2.75) is 30.6 Å². The molecule has 1 fully saturated rings. The van der Waals surface area contributed by atoms with Crippen molar-refractivity contribution < 1.29 is 22.3 Å². The van der Waals surface area contributed by atoms with E-state index >= 15 is 0 Å². The molecule has 1 N–H and O–H groups in total. The number of piperidine rings is 1. The number of nitrogens with zero attached hydrogens (tertiary/aromatic N) is 1. The number of sulfonamides is 1. The fourth-order valence-electron chi connectivity index (χ4n) is 3.17. The second kappa shape index (κ2) is 9.84. The third-order valence-corrected chi connectivity index (χ3v) is 6.66. The van der Waals surface area contributed by atoms with Gasteiger partial charge < -0.3 is 10.1 Å². The second-order valence-corrected chi connectivity index (χ2v) is 8.88. The van der Waals surface area contributed by atoms with E-state index in [4.69, 9.17) is 4.74 Å². The molecule has 1 amide bonds. The largest absolute Gasteiger partial charge is 0.492 e. The minimum Gasteiger partial charge on any atom is -0.492 e. The van der Waals surface area contributed by atoms with Crippen LogP contribution in [0, 0.1) is 5.82 Å². The summed E-state index contributed by atoms with van der Waals surface area (Å²) in [4.78, 5) is 12.1. The molecule has 1 aliphatic rings. The van der Waals surface area contributed by atoms with E-state index in [0.29, 0.717) is 25.4 Å². The van der Waals surface area contributed by atoms with Crippen LogP contribution in [0.2, 0.25) is 0 Å². The van der Waals surface area contributed by atoms with Gasteiger partial charge in [0.1, 0.15) is 18.2 Å². The predicted octanol–water partition coefficient (Wildman–Crippen LogP) is 2.74. The summed E-state index contributed by atoms with van der Waals surface area (Å²) in [5, 5.41) is 2.73. The first-order valence-electron chi connectivity index (χ1n) is 9.69. The van der Waals surface area contributed by atoms with Gasteiger partial charge in [0, 0.05) is 13.1 Å². The number of hydrogen-bond acceptors (Lipinski definition) is 4. The van der Waals surface area contributed by atoms with Gasteiger partial charge in [-0.2, -0.15) is 4.31 Å². The molecule has 2 aromatic rings. The van der Waals surface area contributed by atoms with E-state index in [2.05, 4.69) is 5.32 Å². The SMILES string of the molecule is O=C(Cc1ccc(F)cc1)NCCOc1ccc(S(=O)(=O)N2CCCCC2)cc1. The minimum atomic E-state index is -3.45. The Bertz CT molecular complexity index is 909. The van der Waals surface area contributed by atoms with E-state index < -0.39 is 10.0 Å². The first-order chi connectivity index (χ1) is 13.9. The lowest BCUT2D eigenvalue weighted by atomic mass is 10.1. The van der Waals surface area contributed by atoms with E-state index in [9.17, 15) is 17.6 Å². The van der Waals surface area contributed by atoms with Crippen molar-refractivity contribution >= 4 is 15.9 Å². The predicted molar refractivity (Wildman–Crippen MR) is 108 cm³/mol. The highest BCUT2D eigenvalue weighted by atomic mass is 32.2. The molecule has 1 aliphatic heterocycles. The number of hydrogen-bond donors (Lipinski definition) is 1. The van der Waals surface area contributed by atoms with Gasteiger partial charge in [-0.1, -0.05) is 18.6 Å². The zero-order valence-electron chi connectivity index (χ0n) is 16.1. The van der Waals surface area contributed by atoms with Crippen molar-refractivity contribution in [2.24, 2.45) is 0 Å². The van der Waals surface area contributed by atoms with E-state index in [1.54, 1.807) is 36.4 Å². The van der Waals surface area contributed by atoms with Crippen LogP contribution in [-0.2, 0) is 21.2 Å². The van der Waals surface area contributed by atoms with Crippen LogP contribution in [0.5, 0.6) is 5.75 Å². The Morgan fingerprint density at radius 3 is 2.31 bits per heavy atom. The monoisotopic (exact) mass is 420 g/mol. The fraction of sp³-hybridized carbons (Fsp3) is 0.381. The Morgan fingerprint density at radius 2 is 1.66 bits per heavy atom. The second-order valence-electron chi connectivity index (χ2n) is 6.94. The molecule has 1 heterocycles. The molecule has 6 nitrogen and oxygen atoms in total. The van der Waals surface area contributed by atoms with Gasteiger partial charge in [0.2, 0.25) is 15.9 Å². The van der Waals surface area contributed by atoms with Crippen LogP contribution in [0.4, 0.5) is 4.39 Å². The molecule has 0 aromatic heterocycles. The number of nitrogens with one attached hydrogen (secondary N) is 1. The van der Waals surface area contributed by atoms with Crippen LogP contribution in [0.15, 0.2) is 53.4 Å². The molecule has 29 heavy (non-hydrogen) atoms. The molecule has 0 saturated carbocycles. The minimum absolute atomic E-state index is 0.170. The molecule has 0 radical (unpaired) electrons. The summed E-state index contributed by atoms with van der Waals surface area (Å²) in [5.74, 6) is 0.0239. The molecule has 8 heteroatoms. The lowest BCUT2D eigenvalue weighted by Gasteiger charge is -2.25. The smallest absolute Gasteiger partial charge is 0.243 e. The highest BCUT2D eigenvalue weighted by Crippen LogP contribution is 2.22. The number of carbonyl (C=O) groups excluding carboxylic acids is 1. The number of carbonyl (C=O) groups is 1. The van der Waals surface area contributed by atoms with Gasteiger partial charge in [-0.3, -0.25) is 4.79 Å². The van der Waals surface area contributed by atoms with Gasteiger partial charge in [0.25, 0.3) is 0 Å². The van der Waals surface area contributed by atoms with Crippen LogP contribution in [0.3, 0.4) is 0 Å². The van der Waals surface area contributed by atoms with Crippen molar-refractivity contribution in [3.05, 3.63) is 59.9 Å². The third-order valence-electron chi connectivity index (χ3n) is 4.75. The van der Waals surface area contributed by atoms with Crippen LogP contribution in [-0.4, -0.2) is 44.9 Å². The third kappa shape index (κ3) is 6.01. The summed E-state index contributed by atoms with van der Waals surface area (Å²) >= 11 is 0. The maximum absolute atomic E-state index is 12.9. The van der Waals surface area contributed by atoms with E-state index in [1.807, 2.05) is 0 Å². The Kier molecular flexibility index (Phi) is 7.22. The molecule has 0 spiro atoms. The quantitative estimate of drug-likeness (QED) is 0.667. The molecule has 0 unspecified atom stereocenters. The van der Waals surface area contributed by atoms with Gasteiger partial charge in [0.05, 0.1) is 17.9 Å². The zero-order valence-corrected chi connectivity index (χ0v) is 17.0. The summed E-state index contributed by atoms with van der Waals surface area (Å²) < 4.78 is 45.2.